The summed E-state index contributed by atoms with van der Waals surface area (Å²) in [7, 11) is 0. The van der Waals surface area contributed by atoms with Crippen LogP contribution in [0.15, 0.2) is 120 Å². The van der Waals surface area contributed by atoms with Crippen molar-refractivity contribution in [3.63, 3.8) is 0 Å². The van der Waals surface area contributed by atoms with Gasteiger partial charge in [-0.15, -0.1) is 0 Å². The first-order valence-corrected chi connectivity index (χ1v) is 22.8. The van der Waals surface area contributed by atoms with Gasteiger partial charge in [0.2, 0.25) is 23.6 Å². The van der Waals surface area contributed by atoms with Crippen molar-refractivity contribution in [3.05, 3.63) is 143 Å². The predicted octanol–water partition coefficient (Wildman–Crippen LogP) is 4.29. The number of ketones is 1. The lowest BCUT2D eigenvalue weighted by Crippen LogP contribution is -2.58. The van der Waals surface area contributed by atoms with Crippen molar-refractivity contribution in [2.75, 3.05) is 39.5 Å². The van der Waals surface area contributed by atoms with Crippen molar-refractivity contribution < 1.29 is 38.6 Å². The average molecular weight is 904 g/mol. The van der Waals surface area contributed by atoms with E-state index in [1.165, 1.54) is 6.92 Å². The van der Waals surface area contributed by atoms with E-state index in [9.17, 15) is 29.1 Å². The number of aliphatic imine (C=N–C) groups is 1. The van der Waals surface area contributed by atoms with Gasteiger partial charge in [0.1, 0.15) is 29.4 Å². The number of nitrogens with one attached hydrogen (secondary N) is 4. The van der Waals surface area contributed by atoms with Crippen LogP contribution in [0.4, 0.5) is 0 Å². The maximum Gasteiger partial charge on any atom is 0.243 e. The van der Waals surface area contributed by atoms with Gasteiger partial charge in [-0.25, -0.2) is 0 Å². The number of carbonyl (C=O) groups is 5. The van der Waals surface area contributed by atoms with Crippen LogP contribution >= 0.6 is 0 Å². The molecule has 14 heteroatoms. The molecular weight excluding hydrogens is 837 g/mol. The summed E-state index contributed by atoms with van der Waals surface area (Å²) in [6.45, 7) is 10.4. The number of ether oxygens (including phenoxy) is 2. The molecule has 0 fully saturated rings. The second kappa shape index (κ2) is 27.3. The van der Waals surface area contributed by atoms with E-state index in [0.29, 0.717) is 32.6 Å². The average Bonchev–Trinajstić information content (AvgIpc) is 3.32. The summed E-state index contributed by atoms with van der Waals surface area (Å²) in [5.74, 6) is -4.16. The van der Waals surface area contributed by atoms with Crippen LogP contribution in [0.1, 0.15) is 81.2 Å². The van der Waals surface area contributed by atoms with E-state index in [4.69, 9.17) is 20.2 Å². The van der Waals surface area contributed by atoms with Gasteiger partial charge in [-0.1, -0.05) is 148 Å². The molecule has 4 aromatic rings. The predicted molar refractivity (Wildman–Crippen MR) is 254 cm³/mol. The number of Topliss-reactive ketones (excluding diaryl/α,β-unsaturated/α-hetero) is 1. The minimum atomic E-state index is -1.39. The highest BCUT2D eigenvalue weighted by Crippen LogP contribution is 2.40. The van der Waals surface area contributed by atoms with Crippen LogP contribution in [-0.4, -0.2) is 93.0 Å². The molecule has 0 saturated carbocycles. The first kappa shape index (κ1) is 52.4. The number of hydrogen-bond acceptors (Lipinski definition) is 10. The van der Waals surface area contributed by atoms with Gasteiger partial charge in [0.25, 0.3) is 0 Å². The number of nitrogens with zero attached hydrogens (tertiary/aromatic N) is 1. The summed E-state index contributed by atoms with van der Waals surface area (Å²) in [4.78, 5) is 73.2. The minimum absolute atomic E-state index is 0.0841. The number of amides is 4. The van der Waals surface area contributed by atoms with Crippen LogP contribution in [0.2, 0.25) is 0 Å². The third kappa shape index (κ3) is 16.0. The fourth-order valence-corrected chi connectivity index (χ4v) is 7.48. The van der Waals surface area contributed by atoms with Crippen LogP contribution < -0.4 is 32.1 Å². The van der Waals surface area contributed by atoms with Gasteiger partial charge < -0.3 is 41.6 Å². The second-order valence-electron chi connectivity index (χ2n) is 16.6. The van der Waals surface area contributed by atoms with E-state index < -0.39 is 53.2 Å². The van der Waals surface area contributed by atoms with E-state index >= 15 is 0 Å². The van der Waals surface area contributed by atoms with Crippen LogP contribution in [0.5, 0.6) is 0 Å². The largest absolute Gasteiger partial charge is 0.862 e. The highest BCUT2D eigenvalue weighted by atomic mass is 16.5. The molecule has 0 bridgehead atoms. The Bertz CT molecular complexity index is 2060. The highest BCUT2D eigenvalue weighted by Gasteiger charge is 2.37. The molecule has 0 aliphatic carbocycles. The Labute approximate surface area is 389 Å². The molecule has 66 heavy (non-hydrogen) atoms. The van der Waals surface area contributed by atoms with Crippen molar-refractivity contribution in [1.29, 1.82) is 0 Å². The van der Waals surface area contributed by atoms with Crippen molar-refractivity contribution in [2.24, 2.45) is 22.6 Å². The highest BCUT2D eigenvalue weighted by molar-refractivity contribution is 5.96. The Balaban J connectivity index is 1.65. The number of hydrogen-bond donors (Lipinski definition) is 5. The van der Waals surface area contributed by atoms with E-state index in [-0.39, 0.29) is 56.6 Å². The molecule has 0 saturated heterocycles. The Morgan fingerprint density at radius 3 is 1.73 bits per heavy atom. The zero-order chi connectivity index (χ0) is 47.9. The first-order valence-electron chi connectivity index (χ1n) is 22.8. The van der Waals surface area contributed by atoms with E-state index in [0.717, 1.165) is 27.8 Å². The number of carbonyl (C=O) groups excluding carboxylic acids is 5. The fraction of sp³-hybridized carbons (Fsp3) is 0.423. The molecule has 4 rings (SSSR count). The molecule has 14 nitrogen and oxygen atoms in total. The SMILES string of the molecule is CCC(C)[C@H](NC(=O)[C@@H](C)Cc1ccc(C)cc1)C(=O)N[C@@H](CCC([O-])=NC(c1ccccc1)(c1ccccc1)c1ccccc1)C(=O)N[C@@H](CC(C)=O)C(=O)NCCOCCOCCN. The second-order valence-corrected chi connectivity index (χ2v) is 16.6. The van der Waals surface area contributed by atoms with Crippen molar-refractivity contribution in [2.45, 2.75) is 90.4 Å². The number of benzene rings is 4. The summed E-state index contributed by atoms with van der Waals surface area (Å²) in [6, 6.07) is 32.5. The summed E-state index contributed by atoms with van der Waals surface area (Å²) in [5.41, 5.74) is 8.46. The maximum absolute atomic E-state index is 14.4. The van der Waals surface area contributed by atoms with Gasteiger partial charge in [-0.05, 0) is 67.2 Å². The molecule has 6 N–H and O–H groups in total. The molecular formula is C52H67N6O8-. The fourth-order valence-electron chi connectivity index (χ4n) is 7.48. The first-order chi connectivity index (χ1) is 31.8. The van der Waals surface area contributed by atoms with Crippen LogP contribution in [0.25, 0.3) is 0 Å². The molecule has 0 spiro atoms. The van der Waals surface area contributed by atoms with Crippen molar-refractivity contribution in [1.82, 2.24) is 21.3 Å². The van der Waals surface area contributed by atoms with E-state index in [1.807, 2.05) is 136 Å². The molecule has 5 atom stereocenters. The Hall–Kier alpha value is -6.22. The van der Waals surface area contributed by atoms with E-state index in [2.05, 4.69) is 21.3 Å². The third-order valence-electron chi connectivity index (χ3n) is 11.4. The molecule has 4 aromatic carbocycles. The lowest BCUT2D eigenvalue weighted by Gasteiger charge is -2.34. The molecule has 0 radical (unpaired) electrons. The maximum atomic E-state index is 14.4. The molecule has 0 heterocycles. The van der Waals surface area contributed by atoms with Gasteiger partial charge in [0.05, 0.1) is 26.4 Å². The normalized spacial score (nSPS) is 13.9. The molecule has 0 aliphatic heterocycles. The van der Waals surface area contributed by atoms with Gasteiger partial charge in [0.15, 0.2) is 0 Å². The van der Waals surface area contributed by atoms with Gasteiger partial charge >= 0.3 is 0 Å². The molecule has 1 unspecified atom stereocenters. The minimum Gasteiger partial charge on any atom is -0.862 e. The molecule has 4 amide bonds. The Morgan fingerprint density at radius 1 is 0.682 bits per heavy atom. The molecule has 0 aliphatic rings. The zero-order valence-corrected chi connectivity index (χ0v) is 38.9. The van der Waals surface area contributed by atoms with Crippen molar-refractivity contribution >= 4 is 35.3 Å². The quantitative estimate of drug-likeness (QED) is 0.0238. The molecule has 354 valence electrons. The standard InChI is InChI=1S/C52H68N6O8/c1-6-37(3)47(57-48(61)38(4)34-40-24-22-36(2)23-25-40)51(64)55-44(50(63)56-45(35-39(5)59)49(62)54-29-31-66-33-32-65-30-28-53)26-27-46(60)58-52(41-16-10-7-11-17-41,42-18-12-8-13-19-42)43-20-14-9-15-21-43/h7-25,37-38,44-45,47H,6,26-35,53H2,1-5H3,(H,54,62)(H,55,64)(H,56,63)(H,57,61)(H,58,60)/p-1/t37?,38-,44-,45-,47-/m0/s1. The summed E-state index contributed by atoms with van der Waals surface area (Å²) in [6.07, 6.45) is 0.108. The summed E-state index contributed by atoms with van der Waals surface area (Å²) in [5, 5.41) is 25.5. The van der Waals surface area contributed by atoms with Crippen LogP contribution in [0, 0.1) is 18.8 Å². The smallest absolute Gasteiger partial charge is 0.243 e. The summed E-state index contributed by atoms with van der Waals surface area (Å²) >= 11 is 0. The third-order valence-corrected chi connectivity index (χ3v) is 11.4. The van der Waals surface area contributed by atoms with Gasteiger partial charge in [0, 0.05) is 25.4 Å². The Morgan fingerprint density at radius 2 is 1.21 bits per heavy atom. The lowest BCUT2D eigenvalue weighted by molar-refractivity contribution is -0.219. The van der Waals surface area contributed by atoms with Gasteiger partial charge in [-0.2, -0.15) is 0 Å². The number of rotatable bonds is 28. The Kier molecular flexibility index (Phi) is 21.7. The lowest BCUT2D eigenvalue weighted by atomic mass is 9.77. The summed E-state index contributed by atoms with van der Waals surface area (Å²) < 4.78 is 10.8. The van der Waals surface area contributed by atoms with Crippen molar-refractivity contribution in [3.8, 4) is 0 Å². The zero-order valence-electron chi connectivity index (χ0n) is 38.9. The van der Waals surface area contributed by atoms with E-state index in [1.54, 1.807) is 6.92 Å². The monoisotopic (exact) mass is 904 g/mol. The van der Waals surface area contributed by atoms with Crippen LogP contribution in [0.3, 0.4) is 0 Å². The number of aryl methyl sites for hydroxylation is 1. The van der Waals surface area contributed by atoms with Crippen LogP contribution in [-0.2, 0) is 45.4 Å². The van der Waals surface area contributed by atoms with Gasteiger partial charge in [-0.3, -0.25) is 29.0 Å². The molecule has 0 aromatic heterocycles. The topological polar surface area (TPSA) is 213 Å². The number of nitrogens with two attached hydrogens (primary N) is 1.